The number of benzene rings is 1. The Labute approximate surface area is 151 Å². The van der Waals surface area contributed by atoms with Crippen molar-refractivity contribution >= 4 is 23.6 Å². The van der Waals surface area contributed by atoms with E-state index in [2.05, 4.69) is 5.16 Å². The summed E-state index contributed by atoms with van der Waals surface area (Å²) in [4.78, 5) is 25.4. The van der Waals surface area contributed by atoms with Gasteiger partial charge in [0.1, 0.15) is 11.8 Å². The second-order valence-electron chi connectivity index (χ2n) is 5.82. The molecule has 0 saturated heterocycles. The topological polar surface area (TPSA) is 83.6 Å². The second-order valence-corrected chi connectivity index (χ2v) is 6.80. The van der Waals surface area contributed by atoms with E-state index in [9.17, 15) is 14.7 Å². The highest BCUT2D eigenvalue weighted by Crippen LogP contribution is 2.20. The van der Waals surface area contributed by atoms with Crippen LogP contribution >= 0.6 is 11.8 Å². The minimum absolute atomic E-state index is 0.199. The van der Waals surface area contributed by atoms with Gasteiger partial charge in [0.05, 0.1) is 11.4 Å². The van der Waals surface area contributed by atoms with Crippen LogP contribution in [-0.4, -0.2) is 38.8 Å². The number of aliphatic carboxylic acids is 1. The zero-order valence-electron chi connectivity index (χ0n) is 14.6. The average molecular weight is 362 g/mol. The lowest BCUT2D eigenvalue weighted by molar-refractivity contribution is -0.148. The van der Waals surface area contributed by atoms with Gasteiger partial charge >= 0.3 is 5.97 Å². The summed E-state index contributed by atoms with van der Waals surface area (Å²) < 4.78 is 5.11. The van der Waals surface area contributed by atoms with E-state index < -0.39 is 12.0 Å². The highest BCUT2D eigenvalue weighted by molar-refractivity contribution is 7.99. The summed E-state index contributed by atoms with van der Waals surface area (Å²) in [5.74, 6) is 0.343. The predicted octanol–water partition coefficient (Wildman–Crippen LogP) is 3.03. The minimum Gasteiger partial charge on any atom is -0.480 e. The Morgan fingerprint density at radius 1 is 1.28 bits per heavy atom. The molecule has 0 bridgehead atoms. The van der Waals surface area contributed by atoms with Gasteiger partial charge in [-0.1, -0.05) is 35.5 Å². The van der Waals surface area contributed by atoms with Crippen molar-refractivity contribution in [1.82, 2.24) is 10.1 Å². The van der Waals surface area contributed by atoms with E-state index in [1.807, 2.05) is 44.2 Å². The third kappa shape index (κ3) is 5.09. The molecule has 2 aromatic rings. The summed E-state index contributed by atoms with van der Waals surface area (Å²) in [6, 6.07) is 8.51. The number of carboxylic acid groups (broad SMARTS) is 1. The summed E-state index contributed by atoms with van der Waals surface area (Å²) in [5.41, 5.74) is 2.70. The molecule has 1 aromatic heterocycles. The van der Waals surface area contributed by atoms with Gasteiger partial charge in [-0.15, -0.1) is 11.8 Å². The van der Waals surface area contributed by atoms with Crippen LogP contribution in [0.25, 0.3) is 0 Å². The first kappa shape index (κ1) is 19.1. The Morgan fingerprint density at radius 3 is 2.52 bits per heavy atom. The minimum atomic E-state index is -1.01. The van der Waals surface area contributed by atoms with Crippen LogP contribution in [0.2, 0.25) is 0 Å². The molecule has 25 heavy (non-hydrogen) atoms. The van der Waals surface area contributed by atoms with Crippen molar-refractivity contribution in [3.8, 4) is 0 Å². The summed E-state index contributed by atoms with van der Waals surface area (Å²) in [6.07, 6.45) is 0. The highest BCUT2D eigenvalue weighted by Gasteiger charge is 2.25. The molecule has 1 unspecified atom stereocenters. The fraction of sp³-hybridized carbons (Fsp3) is 0.389. The normalized spacial score (nSPS) is 12.0. The lowest BCUT2D eigenvalue weighted by Crippen LogP contribution is -2.43. The molecule has 2 rings (SSSR count). The number of amides is 1. The molecule has 0 saturated carbocycles. The van der Waals surface area contributed by atoms with Gasteiger partial charge in [0, 0.05) is 17.9 Å². The number of carboxylic acids is 1. The maximum atomic E-state index is 12.6. The maximum absolute atomic E-state index is 12.6. The van der Waals surface area contributed by atoms with E-state index >= 15 is 0 Å². The number of rotatable bonds is 8. The highest BCUT2D eigenvalue weighted by atomic mass is 32.2. The van der Waals surface area contributed by atoms with Crippen molar-refractivity contribution in [1.29, 1.82) is 0 Å². The van der Waals surface area contributed by atoms with Crippen LogP contribution in [0.4, 0.5) is 0 Å². The summed E-state index contributed by atoms with van der Waals surface area (Å²) in [6.45, 7) is 5.51. The SMILES string of the molecule is Cc1noc(C)c1CSCC(=O)N(Cc1ccccc1)C(C)C(=O)O. The molecule has 0 spiro atoms. The van der Waals surface area contributed by atoms with E-state index in [1.54, 1.807) is 0 Å². The molecule has 0 aliphatic rings. The van der Waals surface area contributed by atoms with Gasteiger partial charge in [-0.25, -0.2) is 4.79 Å². The number of carbonyl (C=O) groups is 2. The molecule has 0 aliphatic heterocycles. The van der Waals surface area contributed by atoms with Crippen molar-refractivity contribution in [2.45, 2.75) is 39.1 Å². The van der Waals surface area contributed by atoms with Crippen LogP contribution in [-0.2, 0) is 21.9 Å². The standard InChI is InChI=1S/C18H22N2O4S/c1-12-16(14(3)24-19-12)10-25-11-17(21)20(13(2)18(22)23)9-15-7-5-4-6-8-15/h4-8,13H,9-11H2,1-3H3,(H,22,23). The first-order valence-corrected chi connectivity index (χ1v) is 9.11. The molecule has 1 heterocycles. The van der Waals surface area contributed by atoms with Crippen LogP contribution in [0, 0.1) is 13.8 Å². The van der Waals surface area contributed by atoms with Crippen LogP contribution in [0.1, 0.15) is 29.5 Å². The van der Waals surface area contributed by atoms with Crippen LogP contribution < -0.4 is 0 Å². The molecule has 1 aromatic carbocycles. The Hall–Kier alpha value is -2.28. The van der Waals surface area contributed by atoms with Crippen molar-refractivity contribution < 1.29 is 19.2 Å². The first-order chi connectivity index (χ1) is 11.9. The van der Waals surface area contributed by atoms with E-state index in [4.69, 9.17) is 4.52 Å². The van der Waals surface area contributed by atoms with Gasteiger partial charge < -0.3 is 14.5 Å². The van der Waals surface area contributed by atoms with E-state index in [0.29, 0.717) is 5.75 Å². The van der Waals surface area contributed by atoms with Crippen molar-refractivity contribution in [2.75, 3.05) is 5.75 Å². The van der Waals surface area contributed by atoms with Crippen molar-refractivity contribution in [2.24, 2.45) is 0 Å². The number of hydrogen-bond acceptors (Lipinski definition) is 5. The third-order valence-electron chi connectivity index (χ3n) is 3.99. The molecule has 0 aliphatic carbocycles. The Bertz CT molecular complexity index is 710. The van der Waals surface area contributed by atoms with Gasteiger partial charge in [-0.05, 0) is 26.3 Å². The molecule has 1 N–H and O–H groups in total. The second kappa shape index (κ2) is 8.71. The van der Waals surface area contributed by atoms with Crippen LogP contribution in [0.15, 0.2) is 34.9 Å². The monoisotopic (exact) mass is 362 g/mol. The van der Waals surface area contributed by atoms with Gasteiger partial charge in [0.25, 0.3) is 0 Å². The fourth-order valence-corrected chi connectivity index (χ4v) is 3.44. The first-order valence-electron chi connectivity index (χ1n) is 7.95. The molecule has 0 fully saturated rings. The third-order valence-corrected chi connectivity index (χ3v) is 4.94. The number of carbonyl (C=O) groups excluding carboxylic acids is 1. The smallest absolute Gasteiger partial charge is 0.326 e. The molecule has 1 amide bonds. The van der Waals surface area contributed by atoms with E-state index in [-0.39, 0.29) is 18.2 Å². The Balaban J connectivity index is 2.01. The lowest BCUT2D eigenvalue weighted by Gasteiger charge is -2.26. The van der Waals surface area contributed by atoms with Crippen molar-refractivity contribution in [3.63, 3.8) is 0 Å². The van der Waals surface area contributed by atoms with Gasteiger partial charge in [-0.2, -0.15) is 0 Å². The molecule has 6 nitrogen and oxygen atoms in total. The Kier molecular flexibility index (Phi) is 6.64. The molecule has 7 heteroatoms. The van der Waals surface area contributed by atoms with Gasteiger partial charge in [0.15, 0.2) is 0 Å². The van der Waals surface area contributed by atoms with Gasteiger partial charge in [0.2, 0.25) is 5.91 Å². The van der Waals surface area contributed by atoms with E-state index in [0.717, 1.165) is 22.6 Å². The molecule has 0 radical (unpaired) electrons. The lowest BCUT2D eigenvalue weighted by atomic mass is 10.2. The maximum Gasteiger partial charge on any atom is 0.326 e. The summed E-state index contributed by atoms with van der Waals surface area (Å²) in [5, 5.41) is 13.2. The number of aromatic nitrogens is 1. The van der Waals surface area contributed by atoms with Crippen LogP contribution in [0.5, 0.6) is 0 Å². The summed E-state index contributed by atoms with van der Waals surface area (Å²) in [7, 11) is 0. The molecule has 1 atom stereocenters. The number of hydrogen-bond donors (Lipinski definition) is 1. The molecular weight excluding hydrogens is 340 g/mol. The van der Waals surface area contributed by atoms with E-state index in [1.165, 1.54) is 23.6 Å². The molecule has 134 valence electrons. The number of thioether (sulfide) groups is 1. The number of aryl methyl sites for hydroxylation is 2. The van der Waals surface area contributed by atoms with Crippen molar-refractivity contribution in [3.05, 3.63) is 52.9 Å². The Morgan fingerprint density at radius 2 is 1.96 bits per heavy atom. The number of nitrogens with zero attached hydrogens (tertiary/aromatic N) is 2. The van der Waals surface area contributed by atoms with Gasteiger partial charge in [-0.3, -0.25) is 4.79 Å². The summed E-state index contributed by atoms with van der Waals surface area (Å²) >= 11 is 1.43. The zero-order valence-corrected chi connectivity index (χ0v) is 15.4. The van der Waals surface area contributed by atoms with Crippen LogP contribution in [0.3, 0.4) is 0 Å². The molecular formula is C18H22N2O4S. The largest absolute Gasteiger partial charge is 0.480 e. The fourth-order valence-electron chi connectivity index (χ4n) is 2.39. The quantitative estimate of drug-likeness (QED) is 0.777. The predicted molar refractivity (Wildman–Crippen MR) is 96.2 cm³/mol. The average Bonchev–Trinajstić information content (AvgIpc) is 2.91. The zero-order chi connectivity index (χ0) is 18.4.